The van der Waals surface area contributed by atoms with E-state index in [1.165, 1.54) is 43.5 Å². The first-order valence-corrected chi connectivity index (χ1v) is 10.2. The molecular formula is C22H25N3O6. The molecule has 0 radical (unpaired) electrons. The second kappa shape index (κ2) is 10.4. The lowest BCUT2D eigenvalue weighted by molar-refractivity contribution is -0.127. The minimum absolute atomic E-state index is 0.0613. The normalized spacial score (nSPS) is 14.9. The van der Waals surface area contributed by atoms with Crippen LogP contribution in [-0.2, 0) is 9.53 Å². The number of rotatable bonds is 6. The molecule has 0 aliphatic heterocycles. The number of anilines is 1. The van der Waals surface area contributed by atoms with Gasteiger partial charge in [0.15, 0.2) is 11.9 Å². The summed E-state index contributed by atoms with van der Waals surface area (Å²) in [6, 6.07) is 8.58. The summed E-state index contributed by atoms with van der Waals surface area (Å²) in [4.78, 5) is 48.3. The summed E-state index contributed by atoms with van der Waals surface area (Å²) < 4.78 is 10.1. The number of amides is 4. The summed E-state index contributed by atoms with van der Waals surface area (Å²) in [5.74, 6) is -1.68. The summed E-state index contributed by atoms with van der Waals surface area (Å²) in [7, 11) is 0. The predicted octanol–water partition coefficient (Wildman–Crippen LogP) is 3.24. The average molecular weight is 427 g/mol. The quantitative estimate of drug-likeness (QED) is 0.608. The van der Waals surface area contributed by atoms with Gasteiger partial charge in [-0.25, -0.2) is 9.59 Å². The molecule has 0 saturated heterocycles. The van der Waals surface area contributed by atoms with Crippen LogP contribution in [0.5, 0.6) is 0 Å². The molecule has 1 heterocycles. The van der Waals surface area contributed by atoms with E-state index < -0.39 is 29.9 Å². The van der Waals surface area contributed by atoms with Crippen molar-refractivity contribution in [2.75, 3.05) is 5.32 Å². The van der Waals surface area contributed by atoms with E-state index in [9.17, 15) is 19.2 Å². The fourth-order valence-electron chi connectivity index (χ4n) is 3.25. The molecule has 9 heteroatoms. The van der Waals surface area contributed by atoms with Crippen molar-refractivity contribution in [3.63, 3.8) is 0 Å². The summed E-state index contributed by atoms with van der Waals surface area (Å²) >= 11 is 0. The highest BCUT2D eigenvalue weighted by Gasteiger charge is 2.22. The summed E-state index contributed by atoms with van der Waals surface area (Å²) in [6.07, 6.45) is 5.29. The number of nitrogens with one attached hydrogen (secondary N) is 3. The van der Waals surface area contributed by atoms with Gasteiger partial charge in [-0.15, -0.1) is 0 Å². The number of hydrogen-bond acceptors (Lipinski definition) is 6. The van der Waals surface area contributed by atoms with Gasteiger partial charge in [-0.05, 0) is 56.2 Å². The van der Waals surface area contributed by atoms with Crippen LogP contribution in [0.1, 0.15) is 59.9 Å². The highest BCUT2D eigenvalue weighted by molar-refractivity contribution is 6.02. The first kappa shape index (κ1) is 22.1. The Balaban J connectivity index is 1.46. The Morgan fingerprint density at radius 3 is 2.39 bits per heavy atom. The molecule has 1 unspecified atom stereocenters. The molecule has 1 fully saturated rings. The number of hydrogen-bond donors (Lipinski definition) is 3. The zero-order chi connectivity index (χ0) is 22.2. The topological polar surface area (TPSA) is 127 Å². The van der Waals surface area contributed by atoms with Gasteiger partial charge in [0, 0.05) is 11.7 Å². The number of carbonyl (C=O) groups is 4. The molecule has 9 nitrogen and oxygen atoms in total. The Hall–Kier alpha value is -3.62. The lowest BCUT2D eigenvalue weighted by atomic mass is 9.96. The number of urea groups is 1. The molecule has 1 aliphatic rings. The standard InChI is InChI=1S/C22H25N3O6/c1-14(19(26)25-22(29)24-16-6-3-2-4-7-16)31-21(28)15-9-11-17(12-10-15)23-20(27)18-8-5-13-30-18/h5,8-14,16H,2-4,6-7H2,1H3,(H,23,27)(H2,24,25,26,29). The van der Waals surface area contributed by atoms with Crippen LogP contribution < -0.4 is 16.0 Å². The Morgan fingerprint density at radius 1 is 1.03 bits per heavy atom. The maximum atomic E-state index is 12.3. The van der Waals surface area contributed by atoms with Crippen LogP contribution in [0.4, 0.5) is 10.5 Å². The molecule has 164 valence electrons. The van der Waals surface area contributed by atoms with E-state index in [1.54, 1.807) is 6.07 Å². The van der Waals surface area contributed by atoms with Crippen molar-refractivity contribution in [1.29, 1.82) is 0 Å². The van der Waals surface area contributed by atoms with Gasteiger partial charge in [0.25, 0.3) is 11.8 Å². The van der Waals surface area contributed by atoms with Gasteiger partial charge in [0.2, 0.25) is 0 Å². The molecule has 3 N–H and O–H groups in total. The minimum Gasteiger partial charge on any atom is -0.459 e. The number of furan rings is 1. The largest absolute Gasteiger partial charge is 0.459 e. The fourth-order valence-corrected chi connectivity index (χ4v) is 3.25. The zero-order valence-electron chi connectivity index (χ0n) is 17.2. The molecule has 1 saturated carbocycles. The van der Waals surface area contributed by atoms with Crippen LogP contribution in [-0.4, -0.2) is 36.0 Å². The number of carbonyl (C=O) groups excluding carboxylic acids is 4. The Kier molecular flexibility index (Phi) is 7.42. The van der Waals surface area contributed by atoms with E-state index in [-0.39, 0.29) is 17.4 Å². The van der Waals surface area contributed by atoms with E-state index in [2.05, 4.69) is 16.0 Å². The molecule has 1 aliphatic carbocycles. The molecule has 1 aromatic carbocycles. The van der Waals surface area contributed by atoms with Crippen LogP contribution >= 0.6 is 0 Å². The third-order valence-electron chi connectivity index (χ3n) is 4.95. The van der Waals surface area contributed by atoms with Gasteiger partial charge >= 0.3 is 12.0 Å². The van der Waals surface area contributed by atoms with Crippen molar-refractivity contribution in [3.8, 4) is 0 Å². The second-order valence-electron chi connectivity index (χ2n) is 7.35. The van der Waals surface area contributed by atoms with Crippen LogP contribution in [0.3, 0.4) is 0 Å². The third-order valence-corrected chi connectivity index (χ3v) is 4.95. The van der Waals surface area contributed by atoms with Crippen molar-refractivity contribution in [2.45, 2.75) is 51.2 Å². The second-order valence-corrected chi connectivity index (χ2v) is 7.35. The molecule has 3 rings (SSSR count). The molecule has 1 aromatic heterocycles. The van der Waals surface area contributed by atoms with E-state index in [0.29, 0.717) is 5.69 Å². The van der Waals surface area contributed by atoms with Crippen molar-refractivity contribution in [3.05, 3.63) is 54.0 Å². The van der Waals surface area contributed by atoms with E-state index in [0.717, 1.165) is 32.1 Å². The highest BCUT2D eigenvalue weighted by atomic mass is 16.5. The number of esters is 1. The fraction of sp³-hybridized carbons (Fsp3) is 0.364. The molecule has 0 bridgehead atoms. The number of benzene rings is 1. The number of imide groups is 1. The van der Waals surface area contributed by atoms with Crippen molar-refractivity contribution < 1.29 is 28.3 Å². The SMILES string of the molecule is CC(OC(=O)c1ccc(NC(=O)c2ccco2)cc1)C(=O)NC(=O)NC1CCCCC1. The lowest BCUT2D eigenvalue weighted by Gasteiger charge is -2.23. The average Bonchev–Trinajstić information content (AvgIpc) is 3.30. The van der Waals surface area contributed by atoms with Crippen molar-refractivity contribution >= 4 is 29.5 Å². The van der Waals surface area contributed by atoms with Crippen LogP contribution in [0.15, 0.2) is 47.1 Å². The zero-order valence-corrected chi connectivity index (χ0v) is 17.2. The summed E-state index contributed by atoms with van der Waals surface area (Å²) in [5, 5.41) is 7.61. The maximum absolute atomic E-state index is 12.3. The Bertz CT molecular complexity index is 917. The highest BCUT2D eigenvalue weighted by Crippen LogP contribution is 2.17. The van der Waals surface area contributed by atoms with Gasteiger partial charge in [-0.1, -0.05) is 19.3 Å². The first-order valence-electron chi connectivity index (χ1n) is 10.2. The first-order chi connectivity index (χ1) is 14.9. The van der Waals surface area contributed by atoms with Crippen LogP contribution in [0.25, 0.3) is 0 Å². The van der Waals surface area contributed by atoms with Crippen molar-refractivity contribution in [1.82, 2.24) is 10.6 Å². The Morgan fingerprint density at radius 2 is 1.74 bits per heavy atom. The van der Waals surface area contributed by atoms with E-state index >= 15 is 0 Å². The summed E-state index contributed by atoms with van der Waals surface area (Å²) in [6.45, 7) is 1.39. The predicted molar refractivity (Wildman–Crippen MR) is 112 cm³/mol. The summed E-state index contributed by atoms with van der Waals surface area (Å²) in [5.41, 5.74) is 0.658. The molecule has 2 aromatic rings. The molecule has 31 heavy (non-hydrogen) atoms. The van der Waals surface area contributed by atoms with E-state index in [1.807, 2.05) is 0 Å². The molecular weight excluding hydrogens is 402 g/mol. The van der Waals surface area contributed by atoms with Gasteiger partial charge in [0.05, 0.1) is 11.8 Å². The van der Waals surface area contributed by atoms with Crippen LogP contribution in [0.2, 0.25) is 0 Å². The third kappa shape index (κ3) is 6.43. The van der Waals surface area contributed by atoms with Gasteiger partial charge in [-0.2, -0.15) is 0 Å². The monoisotopic (exact) mass is 427 g/mol. The minimum atomic E-state index is -1.15. The van der Waals surface area contributed by atoms with Crippen LogP contribution in [0, 0.1) is 0 Å². The smallest absolute Gasteiger partial charge is 0.338 e. The number of ether oxygens (including phenoxy) is 1. The van der Waals surface area contributed by atoms with Crippen molar-refractivity contribution in [2.24, 2.45) is 0 Å². The molecule has 0 spiro atoms. The van der Waals surface area contributed by atoms with Gasteiger partial charge < -0.3 is 19.8 Å². The van der Waals surface area contributed by atoms with Gasteiger partial charge in [-0.3, -0.25) is 14.9 Å². The molecule has 4 amide bonds. The Labute approximate surface area is 179 Å². The molecule has 1 atom stereocenters. The maximum Gasteiger partial charge on any atom is 0.338 e. The van der Waals surface area contributed by atoms with Gasteiger partial charge in [0.1, 0.15) is 0 Å². The van der Waals surface area contributed by atoms with E-state index in [4.69, 9.17) is 9.15 Å². The lowest BCUT2D eigenvalue weighted by Crippen LogP contribution is -2.48.